The van der Waals surface area contributed by atoms with Crippen molar-refractivity contribution in [1.29, 1.82) is 0 Å². The van der Waals surface area contributed by atoms with Crippen molar-refractivity contribution < 1.29 is 19.7 Å². The number of aliphatic hydroxyl groups excluding tert-OH is 2. The number of hydrogen-bond acceptors (Lipinski definition) is 4. The molecule has 0 amide bonds. The molecule has 0 rings (SSSR count). The maximum atomic E-state index is 9.80. The third-order valence-electron chi connectivity index (χ3n) is 2.81. The quantitative estimate of drug-likeness (QED) is 0.639. The van der Waals surface area contributed by atoms with Crippen LogP contribution in [0, 0.1) is 0 Å². The maximum absolute atomic E-state index is 9.80. The molecule has 4 nitrogen and oxygen atoms in total. The van der Waals surface area contributed by atoms with Crippen LogP contribution in [0.15, 0.2) is 0 Å². The predicted octanol–water partition coefficient (Wildman–Crippen LogP) is 0.950. The van der Waals surface area contributed by atoms with Gasteiger partial charge in [-0.15, -0.1) is 0 Å². The Bertz CT molecular complexity index is 163. The number of ether oxygens (including phenoxy) is 2. The third kappa shape index (κ3) is 6.10. The highest BCUT2D eigenvalue weighted by Gasteiger charge is 2.27. The summed E-state index contributed by atoms with van der Waals surface area (Å²) in [5, 5.41) is 18.7. The zero-order valence-electron chi connectivity index (χ0n) is 10.2. The fourth-order valence-corrected chi connectivity index (χ4v) is 1.59. The zero-order chi connectivity index (χ0) is 11.9. The summed E-state index contributed by atoms with van der Waals surface area (Å²) in [6.07, 6.45) is 1.20. The summed E-state index contributed by atoms with van der Waals surface area (Å²) in [6, 6.07) is 0. The Morgan fingerprint density at radius 3 is 2.33 bits per heavy atom. The summed E-state index contributed by atoms with van der Waals surface area (Å²) in [4.78, 5) is 0. The van der Waals surface area contributed by atoms with Gasteiger partial charge in [0, 0.05) is 27.2 Å². The van der Waals surface area contributed by atoms with Crippen LogP contribution in [0.5, 0.6) is 0 Å². The molecule has 0 bridgehead atoms. The molecule has 0 aliphatic carbocycles. The van der Waals surface area contributed by atoms with Crippen LogP contribution < -0.4 is 0 Å². The van der Waals surface area contributed by atoms with Crippen molar-refractivity contribution in [3.8, 4) is 0 Å². The predicted molar refractivity (Wildman–Crippen MR) is 58.8 cm³/mol. The molecule has 0 aromatic rings. The molecule has 0 saturated heterocycles. The topological polar surface area (TPSA) is 58.9 Å². The van der Waals surface area contributed by atoms with E-state index < -0.39 is 11.7 Å². The van der Waals surface area contributed by atoms with Gasteiger partial charge in [0.15, 0.2) is 0 Å². The molecule has 0 radical (unpaired) electrons. The minimum atomic E-state index is -0.462. The summed E-state index contributed by atoms with van der Waals surface area (Å²) in [5.74, 6) is 0. The van der Waals surface area contributed by atoms with Crippen LogP contribution in [0.25, 0.3) is 0 Å². The molecule has 3 atom stereocenters. The molecule has 0 heterocycles. The van der Waals surface area contributed by atoms with E-state index in [1.165, 1.54) is 0 Å². The second kappa shape index (κ2) is 7.17. The molecule has 0 spiro atoms. The molecule has 0 aliphatic rings. The molecular weight excluding hydrogens is 196 g/mol. The lowest BCUT2D eigenvalue weighted by Crippen LogP contribution is -2.34. The monoisotopic (exact) mass is 220 g/mol. The van der Waals surface area contributed by atoms with Crippen LogP contribution in [0.4, 0.5) is 0 Å². The second-order valence-electron chi connectivity index (χ2n) is 4.27. The Labute approximate surface area is 92.2 Å². The first-order valence-corrected chi connectivity index (χ1v) is 5.34. The van der Waals surface area contributed by atoms with Crippen LogP contribution in [-0.2, 0) is 9.47 Å². The van der Waals surface area contributed by atoms with E-state index in [0.717, 1.165) is 0 Å². The molecule has 0 aromatic carbocycles. The largest absolute Gasteiger partial charge is 0.396 e. The number of rotatable bonds is 8. The molecular formula is C11H24O4. The van der Waals surface area contributed by atoms with E-state index in [2.05, 4.69) is 0 Å². The maximum Gasteiger partial charge on any atom is 0.0697 e. The summed E-state index contributed by atoms with van der Waals surface area (Å²) >= 11 is 0. The van der Waals surface area contributed by atoms with Crippen molar-refractivity contribution in [1.82, 2.24) is 0 Å². The summed E-state index contributed by atoms with van der Waals surface area (Å²) in [6.45, 7) is 3.88. The standard InChI is InChI=1S/C11H24O4/c1-9(14-3)7-10(13)8-11(2,15-4)5-6-12/h9-10,12-13H,5-8H2,1-4H3. The second-order valence-corrected chi connectivity index (χ2v) is 4.27. The lowest BCUT2D eigenvalue weighted by molar-refractivity contribution is -0.0563. The molecule has 2 N–H and O–H groups in total. The molecule has 0 aromatic heterocycles. The van der Waals surface area contributed by atoms with E-state index in [0.29, 0.717) is 19.3 Å². The molecule has 15 heavy (non-hydrogen) atoms. The molecule has 4 heteroatoms. The minimum Gasteiger partial charge on any atom is -0.396 e. The first kappa shape index (κ1) is 14.8. The number of aliphatic hydroxyl groups is 2. The van der Waals surface area contributed by atoms with Gasteiger partial charge >= 0.3 is 0 Å². The van der Waals surface area contributed by atoms with Gasteiger partial charge in [-0.3, -0.25) is 0 Å². The van der Waals surface area contributed by atoms with Crippen molar-refractivity contribution in [2.45, 2.75) is 50.9 Å². The van der Waals surface area contributed by atoms with Gasteiger partial charge in [-0.1, -0.05) is 0 Å². The van der Waals surface area contributed by atoms with Crippen LogP contribution in [-0.4, -0.2) is 48.8 Å². The fourth-order valence-electron chi connectivity index (χ4n) is 1.59. The third-order valence-corrected chi connectivity index (χ3v) is 2.81. The van der Waals surface area contributed by atoms with Gasteiger partial charge < -0.3 is 19.7 Å². The Morgan fingerprint density at radius 1 is 1.33 bits per heavy atom. The van der Waals surface area contributed by atoms with Gasteiger partial charge in [0.05, 0.1) is 17.8 Å². The zero-order valence-corrected chi connectivity index (χ0v) is 10.2. The lowest BCUT2D eigenvalue weighted by atomic mass is 9.92. The van der Waals surface area contributed by atoms with Crippen molar-refractivity contribution in [2.75, 3.05) is 20.8 Å². The SMILES string of the molecule is COC(C)CC(O)CC(C)(CCO)OC. The van der Waals surface area contributed by atoms with Crippen LogP contribution in [0.3, 0.4) is 0 Å². The summed E-state index contributed by atoms with van der Waals surface area (Å²) < 4.78 is 10.4. The average Bonchev–Trinajstić information content (AvgIpc) is 2.17. The number of hydrogen-bond donors (Lipinski definition) is 2. The smallest absolute Gasteiger partial charge is 0.0697 e. The minimum absolute atomic E-state index is 0.0373. The van der Waals surface area contributed by atoms with Crippen molar-refractivity contribution in [3.63, 3.8) is 0 Å². The first-order valence-electron chi connectivity index (χ1n) is 5.34. The molecule has 3 unspecified atom stereocenters. The van der Waals surface area contributed by atoms with Gasteiger partial charge in [-0.25, -0.2) is 0 Å². The van der Waals surface area contributed by atoms with E-state index in [-0.39, 0.29) is 12.7 Å². The fraction of sp³-hybridized carbons (Fsp3) is 1.00. The summed E-state index contributed by atoms with van der Waals surface area (Å²) in [5.41, 5.74) is -0.457. The molecule has 0 fully saturated rings. The lowest BCUT2D eigenvalue weighted by Gasteiger charge is -2.30. The van der Waals surface area contributed by atoms with E-state index in [1.54, 1.807) is 14.2 Å². The van der Waals surface area contributed by atoms with Crippen molar-refractivity contribution in [3.05, 3.63) is 0 Å². The summed E-state index contributed by atoms with van der Waals surface area (Å²) in [7, 11) is 3.22. The van der Waals surface area contributed by atoms with Crippen LogP contribution >= 0.6 is 0 Å². The van der Waals surface area contributed by atoms with Gasteiger partial charge in [-0.05, 0) is 26.7 Å². The highest BCUT2D eigenvalue weighted by Crippen LogP contribution is 2.22. The molecule has 0 aliphatic heterocycles. The Morgan fingerprint density at radius 2 is 1.93 bits per heavy atom. The van der Waals surface area contributed by atoms with E-state index in [9.17, 15) is 5.11 Å². The van der Waals surface area contributed by atoms with Gasteiger partial charge in [-0.2, -0.15) is 0 Å². The highest BCUT2D eigenvalue weighted by molar-refractivity contribution is 4.79. The van der Waals surface area contributed by atoms with Crippen molar-refractivity contribution >= 4 is 0 Å². The average molecular weight is 220 g/mol. The van der Waals surface area contributed by atoms with Gasteiger partial charge in [0.2, 0.25) is 0 Å². The highest BCUT2D eigenvalue weighted by atomic mass is 16.5. The Kier molecular flexibility index (Phi) is 7.09. The van der Waals surface area contributed by atoms with E-state index >= 15 is 0 Å². The number of methoxy groups -OCH3 is 2. The Balaban J connectivity index is 4.05. The Hall–Kier alpha value is -0.160. The van der Waals surface area contributed by atoms with Crippen molar-refractivity contribution in [2.24, 2.45) is 0 Å². The molecule has 0 saturated carbocycles. The van der Waals surface area contributed by atoms with E-state index in [1.807, 2.05) is 13.8 Å². The van der Waals surface area contributed by atoms with Gasteiger partial charge in [0.25, 0.3) is 0 Å². The molecule has 92 valence electrons. The van der Waals surface area contributed by atoms with Crippen LogP contribution in [0.2, 0.25) is 0 Å². The first-order chi connectivity index (χ1) is 6.97. The van der Waals surface area contributed by atoms with E-state index in [4.69, 9.17) is 14.6 Å². The van der Waals surface area contributed by atoms with Gasteiger partial charge in [0.1, 0.15) is 0 Å². The van der Waals surface area contributed by atoms with Crippen LogP contribution in [0.1, 0.15) is 33.1 Å². The normalized spacial score (nSPS) is 19.6.